The number of fused-ring (bicyclic) bond motifs is 4. The van der Waals surface area contributed by atoms with Gasteiger partial charge in [0.1, 0.15) is 0 Å². The van der Waals surface area contributed by atoms with Crippen LogP contribution in [0, 0.1) is 45.3 Å². The predicted molar refractivity (Wildman–Crippen MR) is 156 cm³/mol. The van der Waals surface area contributed by atoms with E-state index < -0.39 is 0 Å². The van der Waals surface area contributed by atoms with Gasteiger partial charge >= 0.3 is 0 Å². The van der Waals surface area contributed by atoms with Crippen LogP contribution in [0.2, 0.25) is 0 Å². The van der Waals surface area contributed by atoms with Crippen molar-refractivity contribution in [1.82, 2.24) is 0 Å². The summed E-state index contributed by atoms with van der Waals surface area (Å²) in [6.07, 6.45) is 15.3. The topological polar surface area (TPSA) is 35.5 Å². The molecule has 1 aliphatic heterocycles. The van der Waals surface area contributed by atoms with Gasteiger partial charge in [0.05, 0.1) is 6.10 Å². The molecule has 0 amide bonds. The lowest BCUT2D eigenvalue weighted by Gasteiger charge is -2.62. The molecule has 0 N–H and O–H groups in total. The number of allylic oxidation sites excluding steroid dienone is 2. The molecule has 0 aromatic heterocycles. The Morgan fingerprint density at radius 3 is 2.39 bits per heavy atom. The van der Waals surface area contributed by atoms with E-state index in [0.717, 1.165) is 56.5 Å². The Balaban J connectivity index is 1.41. The first-order valence-electron chi connectivity index (χ1n) is 16.4. The normalized spacial score (nSPS) is 43.6. The minimum atomic E-state index is -0.0568. The monoisotopic (exact) mass is 526 g/mol. The summed E-state index contributed by atoms with van der Waals surface area (Å²) in [5.74, 6) is 3.11. The van der Waals surface area contributed by atoms with Gasteiger partial charge < -0.3 is 9.47 Å². The van der Waals surface area contributed by atoms with Crippen LogP contribution in [0.1, 0.15) is 139 Å². The van der Waals surface area contributed by atoms with E-state index in [1.165, 1.54) is 50.5 Å². The molecule has 3 heteroatoms. The van der Waals surface area contributed by atoms with Crippen LogP contribution >= 0.6 is 0 Å². The Kier molecular flexibility index (Phi) is 7.82. The van der Waals surface area contributed by atoms with Gasteiger partial charge in [-0.25, -0.2) is 0 Å². The van der Waals surface area contributed by atoms with Gasteiger partial charge in [-0.05, 0) is 97.7 Å². The molecule has 0 bridgehead atoms. The van der Waals surface area contributed by atoms with E-state index in [0.29, 0.717) is 18.1 Å². The van der Waals surface area contributed by atoms with Crippen LogP contribution in [0.15, 0.2) is 11.1 Å². The second kappa shape index (κ2) is 10.3. The molecule has 216 valence electrons. The molecule has 2 saturated carbocycles. The quantitative estimate of drug-likeness (QED) is 0.331. The Morgan fingerprint density at radius 1 is 0.947 bits per heavy atom. The average Bonchev–Trinajstić information content (AvgIpc) is 3.14. The van der Waals surface area contributed by atoms with Crippen molar-refractivity contribution in [2.24, 2.45) is 45.3 Å². The van der Waals surface area contributed by atoms with E-state index in [-0.39, 0.29) is 34.1 Å². The van der Waals surface area contributed by atoms with Crippen molar-refractivity contribution in [3.63, 3.8) is 0 Å². The zero-order valence-corrected chi connectivity index (χ0v) is 26.1. The molecule has 1 heterocycles. The van der Waals surface area contributed by atoms with Gasteiger partial charge in [-0.15, -0.1) is 0 Å². The molecule has 5 rings (SSSR count). The molecule has 8 atom stereocenters. The van der Waals surface area contributed by atoms with Crippen molar-refractivity contribution in [1.29, 1.82) is 0 Å². The first-order valence-corrected chi connectivity index (χ1v) is 16.4. The largest absolute Gasteiger partial charge is 0.353 e. The minimum Gasteiger partial charge on any atom is -0.353 e. The van der Waals surface area contributed by atoms with E-state index in [2.05, 4.69) is 55.4 Å². The molecule has 0 radical (unpaired) electrons. The minimum absolute atomic E-state index is 0.0349. The van der Waals surface area contributed by atoms with Crippen molar-refractivity contribution in [3.05, 3.63) is 11.1 Å². The maximum atomic E-state index is 14.3. The molecule has 0 spiro atoms. The Labute approximate surface area is 234 Å². The van der Waals surface area contributed by atoms with Crippen LogP contribution in [0.4, 0.5) is 0 Å². The number of hydrogen-bond donors (Lipinski definition) is 0. The number of carbonyl (C=O) groups is 1. The van der Waals surface area contributed by atoms with Crippen LogP contribution in [0.25, 0.3) is 0 Å². The summed E-state index contributed by atoms with van der Waals surface area (Å²) < 4.78 is 12.6. The molecule has 38 heavy (non-hydrogen) atoms. The summed E-state index contributed by atoms with van der Waals surface area (Å²) in [7, 11) is 0. The predicted octanol–water partition coefficient (Wildman–Crippen LogP) is 9.29. The van der Waals surface area contributed by atoms with Gasteiger partial charge in [-0.1, -0.05) is 80.2 Å². The third-order valence-electron chi connectivity index (χ3n) is 13.1. The molecule has 4 aliphatic carbocycles. The number of ketones is 1. The lowest BCUT2D eigenvalue weighted by atomic mass is 9.43. The van der Waals surface area contributed by atoms with Crippen molar-refractivity contribution in [3.8, 4) is 0 Å². The second-order valence-corrected chi connectivity index (χ2v) is 15.9. The van der Waals surface area contributed by atoms with Crippen molar-refractivity contribution < 1.29 is 14.3 Å². The van der Waals surface area contributed by atoms with Crippen LogP contribution < -0.4 is 0 Å². The van der Waals surface area contributed by atoms with Gasteiger partial charge in [-0.2, -0.15) is 0 Å². The fraction of sp³-hybridized carbons (Fsp3) is 0.914. The third kappa shape index (κ3) is 4.49. The zero-order chi connectivity index (χ0) is 27.5. The molecule has 0 aromatic rings. The Morgan fingerprint density at radius 2 is 1.71 bits per heavy atom. The SMILES string of the molecule is CC(C)CCC[C@H](C)[C@@H]1CC[C@]2(C)C3=C(CC[C@]12C)[C@]1(C)CC[C@H](O[C@H]2CCCCO2)C(C)(C)[C@H]1CC3=O. The van der Waals surface area contributed by atoms with Crippen LogP contribution in [-0.4, -0.2) is 24.8 Å². The zero-order valence-electron chi connectivity index (χ0n) is 26.1. The third-order valence-corrected chi connectivity index (χ3v) is 13.1. The number of carbonyl (C=O) groups excluding carboxylic acids is 1. The molecule has 0 aromatic carbocycles. The maximum Gasteiger partial charge on any atom is 0.159 e. The van der Waals surface area contributed by atoms with E-state index in [1.54, 1.807) is 5.57 Å². The molecule has 3 fully saturated rings. The maximum absolute atomic E-state index is 14.3. The van der Waals surface area contributed by atoms with Crippen LogP contribution in [-0.2, 0) is 14.3 Å². The highest BCUT2D eigenvalue weighted by atomic mass is 16.7. The van der Waals surface area contributed by atoms with E-state index in [9.17, 15) is 4.79 Å². The molecular weight excluding hydrogens is 468 g/mol. The lowest BCUT2D eigenvalue weighted by molar-refractivity contribution is -0.233. The molecule has 5 aliphatic rings. The first kappa shape index (κ1) is 28.8. The van der Waals surface area contributed by atoms with E-state index in [4.69, 9.17) is 9.47 Å². The van der Waals surface area contributed by atoms with Gasteiger partial charge in [0.15, 0.2) is 12.1 Å². The summed E-state index contributed by atoms with van der Waals surface area (Å²) in [5.41, 5.74) is 3.23. The average molecular weight is 527 g/mol. The molecule has 1 saturated heterocycles. The lowest BCUT2D eigenvalue weighted by Crippen LogP contribution is -2.58. The number of rotatable bonds is 7. The summed E-state index contributed by atoms with van der Waals surface area (Å²) in [5, 5.41) is 0. The van der Waals surface area contributed by atoms with Crippen LogP contribution in [0.3, 0.4) is 0 Å². The highest BCUT2D eigenvalue weighted by Gasteiger charge is 2.65. The summed E-state index contributed by atoms with van der Waals surface area (Å²) in [4.78, 5) is 14.3. The fourth-order valence-corrected chi connectivity index (χ4v) is 10.6. The van der Waals surface area contributed by atoms with Crippen molar-refractivity contribution in [2.75, 3.05) is 6.61 Å². The van der Waals surface area contributed by atoms with Gasteiger partial charge in [0.2, 0.25) is 0 Å². The summed E-state index contributed by atoms with van der Waals surface area (Å²) in [6.45, 7) is 20.4. The Bertz CT molecular complexity index is 925. The molecule has 0 unspecified atom stereocenters. The first-order chi connectivity index (χ1) is 17.8. The van der Waals surface area contributed by atoms with E-state index >= 15 is 0 Å². The van der Waals surface area contributed by atoms with Gasteiger partial charge in [0, 0.05) is 24.0 Å². The van der Waals surface area contributed by atoms with Gasteiger partial charge in [-0.3, -0.25) is 4.79 Å². The molecular formula is C35H58O3. The number of ether oxygens (including phenoxy) is 2. The van der Waals surface area contributed by atoms with E-state index in [1.807, 2.05) is 0 Å². The summed E-state index contributed by atoms with van der Waals surface area (Å²) >= 11 is 0. The fourth-order valence-electron chi connectivity index (χ4n) is 10.6. The van der Waals surface area contributed by atoms with Crippen molar-refractivity contribution >= 4 is 5.78 Å². The number of Topliss-reactive ketones (excluding diaryl/α,β-unsaturated/α-hetero) is 1. The van der Waals surface area contributed by atoms with Crippen LogP contribution in [0.5, 0.6) is 0 Å². The second-order valence-electron chi connectivity index (χ2n) is 15.9. The summed E-state index contributed by atoms with van der Waals surface area (Å²) in [6, 6.07) is 0. The standard InChI is InChI=1S/C35H58O3/c1-23(2)12-11-13-24(3)25-15-20-35(8)31-26(16-19-34(25,35)7)33(6)18-17-29(38-30-14-9-10-21-37-30)32(4,5)28(33)22-27(31)36/h23-25,28-30H,9-22H2,1-8H3/t24-,25-,28+,29-,30-,33-,34+,35+/m0/s1. The number of hydrogen-bond acceptors (Lipinski definition) is 3. The van der Waals surface area contributed by atoms with Crippen molar-refractivity contribution in [2.45, 2.75) is 151 Å². The van der Waals surface area contributed by atoms with Gasteiger partial charge in [0.25, 0.3) is 0 Å². The molecule has 3 nitrogen and oxygen atoms in total. The smallest absolute Gasteiger partial charge is 0.159 e. The highest BCUT2D eigenvalue weighted by Crippen LogP contribution is 2.72. The Hall–Kier alpha value is -0.670. The highest BCUT2D eigenvalue weighted by molar-refractivity contribution is 5.99.